The van der Waals surface area contributed by atoms with Gasteiger partial charge in [0.15, 0.2) is 6.10 Å². The van der Waals surface area contributed by atoms with E-state index in [0.717, 1.165) is 18.2 Å². The maximum Gasteiger partial charge on any atom is 0.340 e. The third kappa shape index (κ3) is 5.42. The Morgan fingerprint density at radius 2 is 1.35 bits per heavy atom. The number of nitrogens with zero attached hydrogens (tertiary/aromatic N) is 1. The van der Waals surface area contributed by atoms with E-state index in [1.807, 2.05) is 0 Å². The van der Waals surface area contributed by atoms with Crippen LogP contribution in [0.15, 0.2) is 113 Å². The highest BCUT2D eigenvalue weighted by molar-refractivity contribution is 7.91. The third-order valence-electron chi connectivity index (χ3n) is 5.44. The molecule has 0 bridgehead atoms. The minimum Gasteiger partial charge on any atom is -0.445 e. The fourth-order valence-corrected chi connectivity index (χ4v) is 5.40. The highest BCUT2D eigenvalue weighted by Crippen LogP contribution is 2.32. The van der Waals surface area contributed by atoms with Crippen LogP contribution < -0.4 is 0 Å². The summed E-state index contributed by atoms with van der Waals surface area (Å²) in [4.78, 5) is 36.2. The lowest BCUT2D eigenvalue weighted by molar-refractivity contribution is -0.387. The predicted molar refractivity (Wildman–Crippen MR) is 135 cm³/mol. The summed E-state index contributed by atoms with van der Waals surface area (Å²) in [6.45, 7) is 0. The maximum absolute atomic E-state index is 13.4. The number of nitro benzene ring substituents is 1. The molecule has 0 fully saturated rings. The van der Waals surface area contributed by atoms with Crippen LogP contribution in [0.5, 0.6) is 0 Å². The molecular formula is C27H18ClNO7S. The van der Waals surface area contributed by atoms with Crippen molar-refractivity contribution >= 4 is 38.9 Å². The number of ketones is 1. The number of ether oxygens (including phenoxy) is 1. The predicted octanol–water partition coefficient (Wildman–Crippen LogP) is 5.86. The molecule has 10 heteroatoms. The standard InChI is InChI=1S/C27H18ClNO7S/c28-20-16-14-19(15-17-20)26(25(30)18-8-2-1-3-9-18)36-27(31)21-10-4-6-12-23(21)37(34,35)24-13-7-5-11-22(24)29(32)33/h1-17,26H/t26-/m0/s1. The van der Waals surface area contributed by atoms with E-state index in [-0.39, 0.29) is 11.1 Å². The average molecular weight is 536 g/mol. The van der Waals surface area contributed by atoms with Crippen molar-refractivity contribution in [3.8, 4) is 0 Å². The van der Waals surface area contributed by atoms with Gasteiger partial charge in [-0.3, -0.25) is 14.9 Å². The van der Waals surface area contributed by atoms with E-state index in [2.05, 4.69) is 0 Å². The van der Waals surface area contributed by atoms with Crippen molar-refractivity contribution in [1.82, 2.24) is 0 Å². The Kier molecular flexibility index (Phi) is 7.47. The molecule has 0 aromatic heterocycles. The van der Waals surface area contributed by atoms with Crippen LogP contribution in [-0.2, 0) is 14.6 Å². The van der Waals surface area contributed by atoms with Crippen molar-refractivity contribution < 1.29 is 27.7 Å². The number of para-hydroxylation sites is 1. The van der Waals surface area contributed by atoms with E-state index in [1.165, 1.54) is 54.6 Å². The number of halogens is 1. The van der Waals surface area contributed by atoms with Crippen LogP contribution in [0, 0.1) is 10.1 Å². The molecule has 1 atom stereocenters. The van der Waals surface area contributed by atoms with Gasteiger partial charge >= 0.3 is 5.97 Å². The lowest BCUT2D eigenvalue weighted by atomic mass is 9.99. The van der Waals surface area contributed by atoms with Crippen LogP contribution in [0.4, 0.5) is 5.69 Å². The summed E-state index contributed by atoms with van der Waals surface area (Å²) in [5, 5.41) is 11.9. The molecule has 0 spiro atoms. The zero-order valence-corrected chi connectivity index (χ0v) is 20.6. The Morgan fingerprint density at radius 3 is 2.00 bits per heavy atom. The number of hydrogen-bond acceptors (Lipinski definition) is 7. The molecule has 4 aromatic carbocycles. The Hall–Kier alpha value is -4.34. The van der Waals surface area contributed by atoms with Gasteiger partial charge in [-0.25, -0.2) is 13.2 Å². The number of esters is 1. The molecule has 0 aliphatic heterocycles. The van der Waals surface area contributed by atoms with Crippen LogP contribution in [0.3, 0.4) is 0 Å². The zero-order valence-electron chi connectivity index (χ0n) is 19.0. The molecule has 0 radical (unpaired) electrons. The molecule has 0 saturated carbocycles. The average Bonchev–Trinajstić information content (AvgIpc) is 2.92. The van der Waals surface area contributed by atoms with Crippen LogP contribution in [0.1, 0.15) is 32.4 Å². The van der Waals surface area contributed by atoms with Gasteiger partial charge in [-0.1, -0.05) is 78.3 Å². The van der Waals surface area contributed by atoms with E-state index in [0.29, 0.717) is 10.6 Å². The summed E-state index contributed by atoms with van der Waals surface area (Å²) in [5.74, 6) is -1.63. The highest BCUT2D eigenvalue weighted by atomic mass is 35.5. The smallest absolute Gasteiger partial charge is 0.340 e. The van der Waals surface area contributed by atoms with Gasteiger partial charge in [-0.05, 0) is 30.3 Å². The van der Waals surface area contributed by atoms with Crippen LogP contribution in [0.2, 0.25) is 5.02 Å². The quantitative estimate of drug-likeness (QED) is 0.120. The molecule has 4 rings (SSSR count). The van der Waals surface area contributed by atoms with Crippen molar-refractivity contribution in [2.45, 2.75) is 15.9 Å². The van der Waals surface area contributed by atoms with E-state index < -0.39 is 48.1 Å². The summed E-state index contributed by atoms with van der Waals surface area (Å²) in [5.41, 5.74) is -0.411. The van der Waals surface area contributed by atoms with Gasteiger partial charge in [0.05, 0.1) is 15.4 Å². The molecule has 0 unspecified atom stereocenters. The molecule has 0 aliphatic carbocycles. The molecule has 0 N–H and O–H groups in total. The van der Waals surface area contributed by atoms with Crippen molar-refractivity contribution in [2.24, 2.45) is 0 Å². The molecular weight excluding hydrogens is 518 g/mol. The van der Waals surface area contributed by atoms with Crippen molar-refractivity contribution in [2.75, 3.05) is 0 Å². The Bertz CT molecular complexity index is 1590. The summed E-state index contributed by atoms with van der Waals surface area (Å²) >= 11 is 5.97. The number of carbonyl (C=O) groups excluding carboxylic acids is 2. The lowest BCUT2D eigenvalue weighted by Crippen LogP contribution is -2.22. The second-order valence-corrected chi connectivity index (χ2v) is 10.1. The van der Waals surface area contributed by atoms with Crippen molar-refractivity contribution in [1.29, 1.82) is 0 Å². The number of rotatable bonds is 8. The number of benzene rings is 4. The third-order valence-corrected chi connectivity index (χ3v) is 7.55. The Balaban J connectivity index is 1.77. The first kappa shape index (κ1) is 25.7. The Labute approximate surface area is 217 Å². The maximum atomic E-state index is 13.4. The van der Waals surface area contributed by atoms with Gasteiger partial charge in [0, 0.05) is 22.2 Å². The summed E-state index contributed by atoms with van der Waals surface area (Å²) in [7, 11) is -4.51. The van der Waals surface area contributed by atoms with E-state index >= 15 is 0 Å². The van der Waals surface area contributed by atoms with Gasteiger partial charge in [-0.2, -0.15) is 0 Å². The largest absolute Gasteiger partial charge is 0.445 e. The SMILES string of the molecule is O=C(O[C@H](C(=O)c1ccccc1)c1ccc(Cl)cc1)c1ccccc1S(=O)(=O)c1ccccc1[N+](=O)[O-]. The van der Waals surface area contributed by atoms with E-state index in [4.69, 9.17) is 16.3 Å². The lowest BCUT2D eigenvalue weighted by Gasteiger charge is -2.19. The minimum atomic E-state index is -4.51. The van der Waals surface area contributed by atoms with E-state index in [9.17, 15) is 28.1 Å². The number of Topliss-reactive ketones (excluding diaryl/α,β-unsaturated/α-hetero) is 1. The van der Waals surface area contributed by atoms with Crippen LogP contribution >= 0.6 is 11.6 Å². The molecule has 0 aliphatic rings. The fraction of sp³-hybridized carbons (Fsp3) is 0.0370. The summed E-state index contributed by atoms with van der Waals surface area (Å²) < 4.78 is 32.5. The van der Waals surface area contributed by atoms with Gasteiger partial charge in [0.2, 0.25) is 15.6 Å². The van der Waals surface area contributed by atoms with Crippen molar-refractivity contribution in [3.05, 3.63) is 135 Å². The van der Waals surface area contributed by atoms with Gasteiger partial charge in [-0.15, -0.1) is 0 Å². The molecule has 4 aromatic rings. The first-order chi connectivity index (χ1) is 17.7. The molecule has 0 heterocycles. The molecule has 0 saturated heterocycles. The monoisotopic (exact) mass is 535 g/mol. The van der Waals surface area contributed by atoms with Gasteiger partial charge < -0.3 is 4.74 Å². The number of carbonyl (C=O) groups is 2. The van der Waals surface area contributed by atoms with Gasteiger partial charge in [0.25, 0.3) is 5.69 Å². The van der Waals surface area contributed by atoms with Crippen LogP contribution in [-0.4, -0.2) is 25.1 Å². The number of sulfone groups is 1. The van der Waals surface area contributed by atoms with E-state index in [1.54, 1.807) is 30.3 Å². The number of nitro groups is 1. The minimum absolute atomic E-state index is 0.274. The molecule has 37 heavy (non-hydrogen) atoms. The van der Waals surface area contributed by atoms with Crippen molar-refractivity contribution in [3.63, 3.8) is 0 Å². The number of hydrogen-bond donors (Lipinski definition) is 0. The Morgan fingerprint density at radius 1 is 0.784 bits per heavy atom. The molecule has 0 amide bonds. The zero-order chi connectivity index (χ0) is 26.6. The first-order valence-electron chi connectivity index (χ1n) is 10.8. The second-order valence-electron chi connectivity index (χ2n) is 7.79. The van der Waals surface area contributed by atoms with Gasteiger partial charge in [0.1, 0.15) is 4.90 Å². The summed E-state index contributed by atoms with van der Waals surface area (Å²) in [6.07, 6.45) is -1.41. The molecule has 8 nitrogen and oxygen atoms in total. The first-order valence-corrected chi connectivity index (χ1v) is 12.7. The summed E-state index contributed by atoms with van der Waals surface area (Å²) in [6, 6.07) is 24.3. The topological polar surface area (TPSA) is 121 Å². The molecule has 186 valence electrons. The second kappa shape index (κ2) is 10.7. The fourth-order valence-electron chi connectivity index (χ4n) is 3.66. The highest BCUT2D eigenvalue weighted by Gasteiger charge is 2.33. The normalized spacial score (nSPS) is 11.9. The van der Waals surface area contributed by atoms with Crippen LogP contribution in [0.25, 0.3) is 0 Å².